The molecule has 0 amide bonds. The summed E-state index contributed by atoms with van der Waals surface area (Å²) >= 11 is 2.08. The lowest BCUT2D eigenvalue weighted by Gasteiger charge is -2.32. The predicted octanol–water partition coefficient (Wildman–Crippen LogP) is 1.83. The number of nitrogens with zero attached hydrogens (tertiary/aromatic N) is 1. The number of rotatable bonds is 8. The fourth-order valence-electron chi connectivity index (χ4n) is 2.24. The summed E-state index contributed by atoms with van der Waals surface area (Å²) in [4.78, 5) is 2.49. The minimum Gasteiger partial charge on any atom is -0.380 e. The van der Waals surface area contributed by atoms with E-state index in [1.807, 2.05) is 0 Å². The van der Waals surface area contributed by atoms with Gasteiger partial charge in [-0.3, -0.25) is 0 Å². The van der Waals surface area contributed by atoms with Crippen molar-refractivity contribution in [2.24, 2.45) is 0 Å². The summed E-state index contributed by atoms with van der Waals surface area (Å²) in [6.07, 6.45) is 1.16. The maximum Gasteiger partial charge on any atom is 0.0600 e. The molecule has 4 heteroatoms. The molecule has 0 saturated carbocycles. The highest BCUT2D eigenvalue weighted by molar-refractivity contribution is 8.00. The zero-order chi connectivity index (χ0) is 12.5. The second-order valence-electron chi connectivity index (χ2n) is 4.46. The Morgan fingerprint density at radius 1 is 1.29 bits per heavy atom. The van der Waals surface area contributed by atoms with Gasteiger partial charge in [0.25, 0.3) is 0 Å². The molecule has 1 heterocycles. The molecule has 1 aliphatic heterocycles. The van der Waals surface area contributed by atoms with Crippen molar-refractivity contribution in [3.63, 3.8) is 0 Å². The molecule has 0 radical (unpaired) electrons. The summed E-state index contributed by atoms with van der Waals surface area (Å²) in [6, 6.07) is 0.649. The predicted molar refractivity (Wildman–Crippen MR) is 76.9 cm³/mol. The molecule has 1 rings (SSSR count). The number of hydrogen-bond donors (Lipinski definition) is 1. The average molecular weight is 260 g/mol. The first kappa shape index (κ1) is 15.3. The molecule has 0 aromatic carbocycles. The van der Waals surface area contributed by atoms with E-state index in [0.29, 0.717) is 11.3 Å². The van der Waals surface area contributed by atoms with Crippen molar-refractivity contribution in [1.29, 1.82) is 0 Å². The van der Waals surface area contributed by atoms with Gasteiger partial charge in [0.05, 0.1) is 6.61 Å². The first-order valence-electron chi connectivity index (χ1n) is 6.96. The van der Waals surface area contributed by atoms with Crippen LogP contribution in [0.15, 0.2) is 0 Å². The normalized spacial score (nSPS) is 25.4. The monoisotopic (exact) mass is 260 g/mol. The highest BCUT2D eigenvalue weighted by Gasteiger charge is 2.25. The van der Waals surface area contributed by atoms with Gasteiger partial charge in [-0.2, -0.15) is 11.8 Å². The third kappa shape index (κ3) is 5.60. The lowest BCUT2D eigenvalue weighted by atomic mass is 10.1. The molecule has 1 N–H and O–H groups in total. The van der Waals surface area contributed by atoms with E-state index in [1.165, 1.54) is 12.3 Å². The van der Waals surface area contributed by atoms with Crippen LogP contribution in [0, 0.1) is 0 Å². The summed E-state index contributed by atoms with van der Waals surface area (Å²) in [5.74, 6) is 1.22. The van der Waals surface area contributed by atoms with Crippen molar-refractivity contribution < 1.29 is 4.74 Å². The van der Waals surface area contributed by atoms with Gasteiger partial charge in [-0.15, -0.1) is 0 Å². The van der Waals surface area contributed by atoms with Crippen LogP contribution in [0.2, 0.25) is 0 Å². The number of hydrogen-bond acceptors (Lipinski definition) is 4. The van der Waals surface area contributed by atoms with E-state index in [4.69, 9.17) is 4.74 Å². The maximum absolute atomic E-state index is 5.59. The smallest absolute Gasteiger partial charge is 0.0600 e. The highest BCUT2D eigenvalue weighted by atomic mass is 32.2. The van der Waals surface area contributed by atoms with Crippen LogP contribution in [0.4, 0.5) is 0 Å². The van der Waals surface area contributed by atoms with E-state index in [9.17, 15) is 0 Å². The molecule has 1 fully saturated rings. The minimum atomic E-state index is 0.638. The third-order valence-electron chi connectivity index (χ3n) is 3.40. The van der Waals surface area contributed by atoms with E-state index in [0.717, 1.165) is 39.3 Å². The van der Waals surface area contributed by atoms with Crippen molar-refractivity contribution >= 4 is 11.8 Å². The first-order valence-corrected chi connectivity index (χ1v) is 8.01. The third-order valence-corrected chi connectivity index (χ3v) is 4.72. The van der Waals surface area contributed by atoms with Crippen LogP contribution in [-0.2, 0) is 4.74 Å². The molecule has 102 valence electrons. The molecular weight excluding hydrogens is 232 g/mol. The molecule has 2 unspecified atom stereocenters. The first-order chi connectivity index (χ1) is 8.31. The molecule has 0 aromatic heterocycles. The molecule has 3 nitrogen and oxygen atoms in total. The molecule has 0 spiro atoms. The molecule has 1 saturated heterocycles. The summed E-state index contributed by atoms with van der Waals surface area (Å²) in [7, 11) is 0. The van der Waals surface area contributed by atoms with Crippen LogP contribution < -0.4 is 5.32 Å². The fourth-order valence-corrected chi connectivity index (χ4v) is 3.57. The molecular formula is C13H28N2OS. The second-order valence-corrected chi connectivity index (χ2v) is 5.81. The van der Waals surface area contributed by atoms with Gasteiger partial charge < -0.3 is 15.0 Å². The molecule has 17 heavy (non-hydrogen) atoms. The molecule has 2 atom stereocenters. The Bertz CT molecular complexity index is 186. The lowest BCUT2D eigenvalue weighted by molar-refractivity contribution is 0.0836. The Kier molecular flexibility index (Phi) is 8.27. The summed E-state index contributed by atoms with van der Waals surface area (Å²) in [5, 5.41) is 4.22. The quantitative estimate of drug-likeness (QED) is 0.719. The minimum absolute atomic E-state index is 0.638. The van der Waals surface area contributed by atoms with E-state index in [-0.39, 0.29) is 0 Å². The van der Waals surface area contributed by atoms with Gasteiger partial charge in [-0.05, 0) is 26.1 Å². The van der Waals surface area contributed by atoms with Crippen LogP contribution in [-0.4, -0.2) is 61.3 Å². The Morgan fingerprint density at radius 2 is 2.06 bits per heavy atom. The van der Waals surface area contributed by atoms with Gasteiger partial charge >= 0.3 is 0 Å². The van der Waals surface area contributed by atoms with Gasteiger partial charge in [0, 0.05) is 30.2 Å². The van der Waals surface area contributed by atoms with E-state index in [1.54, 1.807) is 0 Å². The Labute approximate surface area is 111 Å². The fraction of sp³-hybridized carbons (Fsp3) is 1.00. The van der Waals surface area contributed by atoms with Gasteiger partial charge in [-0.1, -0.05) is 20.8 Å². The van der Waals surface area contributed by atoms with E-state index < -0.39 is 0 Å². The van der Waals surface area contributed by atoms with Gasteiger partial charge in [0.1, 0.15) is 0 Å². The standard InChI is InChI=1S/C13H28N2OS/c1-4-14-12-7-9-16-11-13(12)17-10-8-15(5-2)6-3/h12-14H,4-11H2,1-3H3. The van der Waals surface area contributed by atoms with Crippen molar-refractivity contribution in [2.45, 2.75) is 38.5 Å². The number of ether oxygens (including phenoxy) is 1. The summed E-state index contributed by atoms with van der Waals surface area (Å²) in [6.45, 7) is 13.1. The Morgan fingerprint density at radius 3 is 2.71 bits per heavy atom. The SMILES string of the molecule is CCNC1CCOCC1SCCN(CC)CC. The number of thioether (sulfide) groups is 1. The zero-order valence-electron chi connectivity index (χ0n) is 11.6. The average Bonchev–Trinajstić information content (AvgIpc) is 2.37. The van der Waals surface area contributed by atoms with Crippen molar-refractivity contribution in [3.8, 4) is 0 Å². The van der Waals surface area contributed by atoms with Crippen LogP contribution >= 0.6 is 11.8 Å². The van der Waals surface area contributed by atoms with E-state index in [2.05, 4.69) is 42.7 Å². The highest BCUT2D eigenvalue weighted by Crippen LogP contribution is 2.21. The molecule has 1 aliphatic rings. The number of nitrogens with one attached hydrogen (secondary N) is 1. The molecule has 0 aromatic rings. The van der Waals surface area contributed by atoms with Crippen LogP contribution in [0.25, 0.3) is 0 Å². The van der Waals surface area contributed by atoms with Crippen molar-refractivity contribution in [3.05, 3.63) is 0 Å². The van der Waals surface area contributed by atoms with Crippen LogP contribution in [0.1, 0.15) is 27.2 Å². The van der Waals surface area contributed by atoms with Gasteiger partial charge in [0.2, 0.25) is 0 Å². The molecule has 0 bridgehead atoms. The Balaban J connectivity index is 2.23. The molecule has 0 aliphatic carbocycles. The summed E-state index contributed by atoms with van der Waals surface area (Å²) < 4.78 is 5.59. The second kappa shape index (κ2) is 9.20. The van der Waals surface area contributed by atoms with E-state index >= 15 is 0 Å². The van der Waals surface area contributed by atoms with Gasteiger partial charge in [0.15, 0.2) is 0 Å². The van der Waals surface area contributed by atoms with Crippen molar-refractivity contribution in [2.75, 3.05) is 45.1 Å². The van der Waals surface area contributed by atoms with Crippen LogP contribution in [0.5, 0.6) is 0 Å². The largest absolute Gasteiger partial charge is 0.380 e. The van der Waals surface area contributed by atoms with Crippen LogP contribution in [0.3, 0.4) is 0 Å². The Hall–Kier alpha value is 0.230. The van der Waals surface area contributed by atoms with Gasteiger partial charge in [-0.25, -0.2) is 0 Å². The summed E-state index contributed by atoms with van der Waals surface area (Å²) in [5.41, 5.74) is 0. The maximum atomic E-state index is 5.59. The lowest BCUT2D eigenvalue weighted by Crippen LogP contribution is -2.45. The zero-order valence-corrected chi connectivity index (χ0v) is 12.4. The topological polar surface area (TPSA) is 24.5 Å². The van der Waals surface area contributed by atoms with Crippen molar-refractivity contribution in [1.82, 2.24) is 10.2 Å².